The molecule has 1 heterocycles. The van der Waals surface area contributed by atoms with E-state index in [1.807, 2.05) is 10.6 Å². The van der Waals surface area contributed by atoms with Gasteiger partial charge in [0.15, 0.2) is 5.82 Å². The van der Waals surface area contributed by atoms with E-state index >= 15 is 0 Å². The molecule has 1 aromatic rings. The molecule has 0 radical (unpaired) electrons. The maximum Gasteiger partial charge on any atom is 0.408 e. The van der Waals surface area contributed by atoms with Crippen molar-refractivity contribution in [2.24, 2.45) is 5.41 Å². The molecule has 1 aromatic heterocycles. The van der Waals surface area contributed by atoms with Crippen molar-refractivity contribution in [3.05, 3.63) is 11.7 Å². The normalized spacial score (nSPS) is 23.3. The van der Waals surface area contributed by atoms with Crippen molar-refractivity contribution in [2.75, 3.05) is 10.6 Å². The van der Waals surface area contributed by atoms with Crippen LogP contribution in [-0.2, 0) is 0 Å². The predicted molar refractivity (Wildman–Crippen MR) is 93.0 cm³/mol. The molecule has 2 aliphatic carbocycles. The Morgan fingerprint density at radius 2 is 1.37 bits per heavy atom. The monoisotopic (exact) mass is 443 g/mol. The summed E-state index contributed by atoms with van der Waals surface area (Å²) in [5, 5.41) is 14.1. The lowest BCUT2D eigenvalue weighted by atomic mass is 9.83. The zero-order valence-corrected chi connectivity index (χ0v) is 16.0. The quantitative estimate of drug-likeness (QED) is 0.592. The summed E-state index contributed by atoms with van der Waals surface area (Å²) in [6.07, 6.45) is -8.99. The molecule has 1 spiro atoms. The van der Waals surface area contributed by atoms with E-state index in [4.69, 9.17) is 0 Å². The first-order chi connectivity index (χ1) is 13.7. The highest BCUT2D eigenvalue weighted by molar-refractivity contribution is 5.66. The van der Waals surface area contributed by atoms with E-state index in [0.29, 0.717) is 19.3 Å². The van der Waals surface area contributed by atoms with Crippen molar-refractivity contribution in [1.82, 2.24) is 15.0 Å². The van der Waals surface area contributed by atoms with E-state index in [1.165, 1.54) is 0 Å². The zero-order valence-electron chi connectivity index (χ0n) is 16.0. The van der Waals surface area contributed by atoms with Gasteiger partial charge < -0.3 is 15.7 Å². The molecular formula is C17H20F7N5O. The van der Waals surface area contributed by atoms with Gasteiger partial charge in [0.2, 0.25) is 11.9 Å². The number of allylic oxidation sites excluding steroid dienone is 1. The standard InChI is InChI=1S/C17H20F7N5O/c1-7(16(19,20)21)25-13-27-12(28-14(29-13)26-8(2)17(22,23)24)9-3-4-15(5-6-15)11(30)10(9)18/h7-8,11,30H,3-6H2,1-2H3,(H2,25,26,27,28,29)/t7-,8-,11?/m1/s1. The van der Waals surface area contributed by atoms with Crippen molar-refractivity contribution in [1.29, 1.82) is 0 Å². The first-order valence-electron chi connectivity index (χ1n) is 9.22. The average molecular weight is 443 g/mol. The summed E-state index contributed by atoms with van der Waals surface area (Å²) in [5.41, 5.74) is -0.717. The number of alkyl halides is 6. The molecule has 6 nitrogen and oxygen atoms in total. The van der Waals surface area contributed by atoms with Gasteiger partial charge in [0, 0.05) is 11.0 Å². The minimum Gasteiger partial charge on any atom is -0.385 e. The second-order valence-electron chi connectivity index (χ2n) is 7.71. The minimum absolute atomic E-state index is 0.0927. The Labute approximate surface area is 167 Å². The maximum absolute atomic E-state index is 14.8. The smallest absolute Gasteiger partial charge is 0.385 e. The number of rotatable bonds is 5. The Bertz CT molecular complexity index is 795. The van der Waals surface area contributed by atoms with Crippen LogP contribution in [0.4, 0.5) is 42.6 Å². The van der Waals surface area contributed by atoms with Crippen molar-refractivity contribution >= 4 is 17.5 Å². The summed E-state index contributed by atoms with van der Waals surface area (Å²) >= 11 is 0. The Balaban J connectivity index is 1.98. The predicted octanol–water partition coefficient (Wildman–Crippen LogP) is 4.21. The lowest BCUT2D eigenvalue weighted by molar-refractivity contribution is -0.139. The number of aromatic nitrogens is 3. The molecule has 2 aliphatic rings. The molecule has 3 N–H and O–H groups in total. The Morgan fingerprint density at radius 3 is 1.77 bits per heavy atom. The first-order valence-corrected chi connectivity index (χ1v) is 9.22. The van der Waals surface area contributed by atoms with E-state index < -0.39 is 59.5 Å². The second-order valence-corrected chi connectivity index (χ2v) is 7.71. The van der Waals surface area contributed by atoms with E-state index in [0.717, 1.165) is 13.8 Å². The Morgan fingerprint density at radius 1 is 0.900 bits per heavy atom. The molecular weight excluding hydrogens is 423 g/mol. The van der Waals surface area contributed by atoms with Crippen LogP contribution < -0.4 is 10.6 Å². The number of hydrogen-bond donors (Lipinski definition) is 3. The van der Waals surface area contributed by atoms with Crippen LogP contribution in [-0.4, -0.2) is 50.6 Å². The van der Waals surface area contributed by atoms with Crippen molar-refractivity contribution in [2.45, 2.75) is 70.1 Å². The van der Waals surface area contributed by atoms with E-state index in [2.05, 4.69) is 15.0 Å². The first kappa shape index (κ1) is 22.5. The summed E-state index contributed by atoms with van der Waals surface area (Å²) < 4.78 is 91.9. The summed E-state index contributed by atoms with van der Waals surface area (Å²) in [4.78, 5) is 11.1. The molecule has 0 aromatic carbocycles. The van der Waals surface area contributed by atoms with Crippen molar-refractivity contribution in [3.63, 3.8) is 0 Å². The summed E-state index contributed by atoms with van der Waals surface area (Å²) in [7, 11) is 0. The lowest BCUT2D eigenvalue weighted by Crippen LogP contribution is -2.35. The summed E-state index contributed by atoms with van der Waals surface area (Å²) in [6.45, 7) is 1.55. The van der Waals surface area contributed by atoms with Crippen LogP contribution >= 0.6 is 0 Å². The van der Waals surface area contributed by atoms with Gasteiger partial charge in [-0.1, -0.05) is 0 Å². The molecule has 0 aliphatic heterocycles. The van der Waals surface area contributed by atoms with Crippen LogP contribution in [0.1, 0.15) is 45.4 Å². The fraction of sp³-hybridized carbons (Fsp3) is 0.706. The van der Waals surface area contributed by atoms with Gasteiger partial charge in [-0.3, -0.25) is 0 Å². The van der Waals surface area contributed by atoms with E-state index in [1.54, 1.807) is 0 Å². The molecule has 0 amide bonds. The van der Waals surface area contributed by atoms with Gasteiger partial charge in [0.25, 0.3) is 0 Å². The molecule has 30 heavy (non-hydrogen) atoms. The Kier molecular flexibility index (Phi) is 5.63. The van der Waals surface area contributed by atoms with Gasteiger partial charge in [-0.25, -0.2) is 4.39 Å². The highest BCUT2D eigenvalue weighted by Crippen LogP contribution is 2.58. The van der Waals surface area contributed by atoms with Gasteiger partial charge >= 0.3 is 12.4 Å². The highest BCUT2D eigenvalue weighted by atomic mass is 19.4. The highest BCUT2D eigenvalue weighted by Gasteiger charge is 2.53. The van der Waals surface area contributed by atoms with Crippen molar-refractivity contribution in [3.8, 4) is 0 Å². The third-order valence-electron chi connectivity index (χ3n) is 5.45. The fourth-order valence-electron chi connectivity index (χ4n) is 3.16. The molecule has 1 fully saturated rings. The number of hydrogen-bond acceptors (Lipinski definition) is 6. The third kappa shape index (κ3) is 4.60. The zero-order chi connectivity index (χ0) is 22.5. The average Bonchev–Trinajstić information content (AvgIpc) is 3.39. The van der Waals surface area contributed by atoms with E-state index in [-0.39, 0.29) is 12.0 Å². The van der Waals surface area contributed by atoms with Crippen LogP contribution in [0.15, 0.2) is 5.83 Å². The van der Waals surface area contributed by atoms with Crippen molar-refractivity contribution < 1.29 is 35.8 Å². The number of aliphatic hydroxyl groups excluding tert-OH is 1. The van der Waals surface area contributed by atoms with Crippen LogP contribution in [0.25, 0.3) is 5.57 Å². The van der Waals surface area contributed by atoms with Gasteiger partial charge in [0.1, 0.15) is 24.0 Å². The second kappa shape index (κ2) is 7.50. The third-order valence-corrected chi connectivity index (χ3v) is 5.45. The van der Waals surface area contributed by atoms with Crippen LogP contribution in [0, 0.1) is 5.41 Å². The topological polar surface area (TPSA) is 83.0 Å². The molecule has 1 unspecified atom stereocenters. The SMILES string of the molecule is C[C@@H](Nc1nc(N[C@H](C)C(F)(F)F)nc(C2=C(F)C(O)C3(CC2)CC3)n1)C(F)(F)F. The van der Waals surface area contributed by atoms with E-state index in [9.17, 15) is 35.8 Å². The molecule has 1 saturated carbocycles. The number of nitrogens with zero attached hydrogens (tertiary/aromatic N) is 3. The van der Waals surface area contributed by atoms with Crippen LogP contribution in [0.3, 0.4) is 0 Å². The summed E-state index contributed by atoms with van der Waals surface area (Å²) in [5.74, 6) is -2.67. The molecule has 3 rings (SSSR count). The van der Waals surface area contributed by atoms with Gasteiger partial charge in [-0.2, -0.15) is 41.3 Å². The van der Waals surface area contributed by atoms with Gasteiger partial charge in [-0.15, -0.1) is 0 Å². The van der Waals surface area contributed by atoms with Gasteiger partial charge in [-0.05, 0) is 39.5 Å². The maximum atomic E-state index is 14.8. The largest absolute Gasteiger partial charge is 0.408 e. The Hall–Kier alpha value is -2.18. The molecule has 0 bridgehead atoms. The lowest BCUT2D eigenvalue weighted by Gasteiger charge is -2.28. The number of halogens is 7. The minimum atomic E-state index is -4.68. The van der Waals surface area contributed by atoms with Crippen LogP contribution in [0.2, 0.25) is 0 Å². The van der Waals surface area contributed by atoms with Crippen LogP contribution in [0.5, 0.6) is 0 Å². The molecule has 3 atom stereocenters. The molecule has 13 heteroatoms. The van der Waals surface area contributed by atoms with Gasteiger partial charge in [0.05, 0.1) is 0 Å². The molecule has 0 saturated heterocycles. The number of nitrogens with one attached hydrogen (secondary N) is 2. The number of anilines is 2. The fourth-order valence-corrected chi connectivity index (χ4v) is 3.16. The molecule has 168 valence electrons. The number of aliphatic hydroxyl groups is 1. The summed E-state index contributed by atoms with van der Waals surface area (Å²) in [6, 6.07) is -4.24.